The third-order valence-corrected chi connectivity index (χ3v) is 3.57. The lowest BCUT2D eigenvalue weighted by molar-refractivity contribution is 0.106. The molecular formula is C15H25FN2O. The van der Waals surface area contributed by atoms with Gasteiger partial charge in [0.2, 0.25) is 0 Å². The Balaban J connectivity index is 2.82. The molecule has 0 saturated heterocycles. The van der Waals surface area contributed by atoms with E-state index in [9.17, 15) is 4.39 Å². The summed E-state index contributed by atoms with van der Waals surface area (Å²) in [5.41, 5.74) is 1.39. The zero-order valence-electron chi connectivity index (χ0n) is 12.7. The van der Waals surface area contributed by atoms with Crippen molar-refractivity contribution < 1.29 is 9.13 Å². The van der Waals surface area contributed by atoms with Crippen LogP contribution in [0.4, 0.5) is 15.8 Å². The fourth-order valence-corrected chi connectivity index (χ4v) is 1.75. The molecule has 2 atom stereocenters. The summed E-state index contributed by atoms with van der Waals surface area (Å²) in [6.07, 6.45) is 0.0704. The van der Waals surface area contributed by atoms with Gasteiger partial charge in [0, 0.05) is 31.9 Å². The Morgan fingerprint density at radius 1 is 1.21 bits per heavy atom. The standard InChI is InChI=1S/C15H25FN2O/c1-10(2)18(5)15-8-7-13(9-14(15)16)17-11(3)12(4)19-6/h7-12,17H,1-6H3. The maximum atomic E-state index is 14.1. The van der Waals surface area contributed by atoms with Gasteiger partial charge < -0.3 is 15.0 Å². The van der Waals surface area contributed by atoms with Crippen LogP contribution in [-0.4, -0.2) is 32.3 Å². The lowest BCUT2D eigenvalue weighted by Crippen LogP contribution is -2.30. The number of anilines is 2. The van der Waals surface area contributed by atoms with Gasteiger partial charge in [-0.1, -0.05) is 0 Å². The van der Waals surface area contributed by atoms with E-state index in [0.717, 1.165) is 5.69 Å². The molecule has 0 heterocycles. The molecule has 0 bridgehead atoms. The van der Waals surface area contributed by atoms with Gasteiger partial charge in [-0.15, -0.1) is 0 Å². The number of nitrogens with one attached hydrogen (secondary N) is 1. The topological polar surface area (TPSA) is 24.5 Å². The maximum Gasteiger partial charge on any atom is 0.148 e. The summed E-state index contributed by atoms with van der Waals surface area (Å²) in [4.78, 5) is 1.92. The lowest BCUT2D eigenvalue weighted by Gasteiger charge is -2.25. The monoisotopic (exact) mass is 268 g/mol. The van der Waals surface area contributed by atoms with E-state index in [0.29, 0.717) is 5.69 Å². The molecule has 1 aromatic carbocycles. The van der Waals surface area contributed by atoms with Gasteiger partial charge in [0.05, 0.1) is 11.8 Å². The fraction of sp³-hybridized carbons (Fsp3) is 0.600. The Kier molecular flexibility index (Phi) is 5.60. The number of halogens is 1. The van der Waals surface area contributed by atoms with Crippen molar-refractivity contribution in [1.29, 1.82) is 0 Å². The highest BCUT2D eigenvalue weighted by molar-refractivity contribution is 5.56. The Hall–Kier alpha value is -1.29. The summed E-state index contributed by atoms with van der Waals surface area (Å²) in [5, 5.41) is 3.25. The fourth-order valence-electron chi connectivity index (χ4n) is 1.75. The first-order valence-electron chi connectivity index (χ1n) is 6.68. The normalized spacial score (nSPS) is 14.3. The number of hydrogen-bond acceptors (Lipinski definition) is 3. The second-order valence-electron chi connectivity index (χ2n) is 5.24. The number of ether oxygens (including phenoxy) is 1. The van der Waals surface area contributed by atoms with Gasteiger partial charge in [-0.05, 0) is 45.9 Å². The van der Waals surface area contributed by atoms with Crippen molar-refractivity contribution in [3.8, 4) is 0 Å². The average molecular weight is 268 g/mol. The molecule has 0 fully saturated rings. The maximum absolute atomic E-state index is 14.1. The molecule has 108 valence electrons. The van der Waals surface area contributed by atoms with Crippen LogP contribution in [-0.2, 0) is 4.74 Å². The highest BCUT2D eigenvalue weighted by Gasteiger charge is 2.14. The third-order valence-electron chi connectivity index (χ3n) is 3.57. The molecule has 0 spiro atoms. The van der Waals surface area contributed by atoms with E-state index in [1.807, 2.05) is 51.8 Å². The van der Waals surface area contributed by atoms with E-state index >= 15 is 0 Å². The molecule has 0 aromatic heterocycles. The van der Waals surface area contributed by atoms with E-state index in [4.69, 9.17) is 4.74 Å². The molecule has 2 unspecified atom stereocenters. The zero-order valence-corrected chi connectivity index (χ0v) is 12.7. The molecule has 1 N–H and O–H groups in total. The van der Waals surface area contributed by atoms with Crippen LogP contribution in [0.5, 0.6) is 0 Å². The van der Waals surface area contributed by atoms with Crippen LogP contribution in [0, 0.1) is 5.82 Å². The van der Waals surface area contributed by atoms with Crippen molar-refractivity contribution in [1.82, 2.24) is 0 Å². The van der Waals surface area contributed by atoms with Crippen molar-refractivity contribution in [3.05, 3.63) is 24.0 Å². The second-order valence-corrected chi connectivity index (χ2v) is 5.24. The van der Waals surface area contributed by atoms with E-state index in [2.05, 4.69) is 5.32 Å². The number of methoxy groups -OCH3 is 1. The minimum absolute atomic E-state index is 0.0704. The van der Waals surface area contributed by atoms with Gasteiger partial charge in [0.15, 0.2) is 0 Å². The predicted molar refractivity (Wildman–Crippen MR) is 79.5 cm³/mol. The zero-order chi connectivity index (χ0) is 14.6. The third kappa shape index (κ3) is 4.10. The van der Waals surface area contributed by atoms with Crippen molar-refractivity contribution >= 4 is 11.4 Å². The Morgan fingerprint density at radius 2 is 1.84 bits per heavy atom. The highest BCUT2D eigenvalue weighted by atomic mass is 19.1. The van der Waals surface area contributed by atoms with Gasteiger partial charge in [0.25, 0.3) is 0 Å². The van der Waals surface area contributed by atoms with Crippen LogP contribution in [0.3, 0.4) is 0 Å². The van der Waals surface area contributed by atoms with Crippen molar-refractivity contribution in [3.63, 3.8) is 0 Å². The molecule has 1 rings (SSSR count). The van der Waals surface area contributed by atoms with Crippen LogP contribution in [0.2, 0.25) is 0 Å². The van der Waals surface area contributed by atoms with Crippen molar-refractivity contribution in [2.24, 2.45) is 0 Å². The van der Waals surface area contributed by atoms with Crippen molar-refractivity contribution in [2.45, 2.75) is 45.9 Å². The van der Waals surface area contributed by atoms with Crippen LogP contribution in [0.25, 0.3) is 0 Å². The van der Waals surface area contributed by atoms with E-state index in [1.54, 1.807) is 7.11 Å². The molecule has 0 saturated carbocycles. The molecule has 4 heteroatoms. The molecule has 0 amide bonds. The molecular weight excluding hydrogens is 243 g/mol. The summed E-state index contributed by atoms with van der Waals surface area (Å²) >= 11 is 0. The van der Waals surface area contributed by atoms with Gasteiger partial charge in [-0.25, -0.2) is 4.39 Å². The number of nitrogens with zero attached hydrogens (tertiary/aromatic N) is 1. The van der Waals surface area contributed by atoms with Crippen LogP contribution < -0.4 is 10.2 Å². The summed E-state index contributed by atoms with van der Waals surface area (Å²) in [6.45, 7) is 8.07. The summed E-state index contributed by atoms with van der Waals surface area (Å²) in [6, 6.07) is 5.63. The van der Waals surface area contributed by atoms with Gasteiger partial charge in [0.1, 0.15) is 5.82 Å². The summed E-state index contributed by atoms with van der Waals surface area (Å²) < 4.78 is 19.3. The Labute approximate surface area is 115 Å². The summed E-state index contributed by atoms with van der Waals surface area (Å²) in [7, 11) is 3.57. The largest absolute Gasteiger partial charge is 0.380 e. The summed E-state index contributed by atoms with van der Waals surface area (Å²) in [5.74, 6) is -0.210. The lowest BCUT2D eigenvalue weighted by atomic mass is 10.1. The minimum atomic E-state index is -0.210. The predicted octanol–water partition coefficient (Wildman–Crippen LogP) is 3.51. The Morgan fingerprint density at radius 3 is 2.32 bits per heavy atom. The SMILES string of the molecule is COC(C)C(C)Nc1ccc(N(C)C(C)C)c(F)c1. The van der Waals surface area contributed by atoms with Crippen LogP contribution >= 0.6 is 0 Å². The molecule has 3 nitrogen and oxygen atoms in total. The Bertz CT molecular complexity index is 409. The van der Waals surface area contributed by atoms with E-state index < -0.39 is 0 Å². The number of rotatable bonds is 6. The van der Waals surface area contributed by atoms with Crippen molar-refractivity contribution in [2.75, 3.05) is 24.4 Å². The van der Waals surface area contributed by atoms with Crippen LogP contribution in [0.15, 0.2) is 18.2 Å². The molecule has 0 aliphatic carbocycles. The number of benzene rings is 1. The van der Waals surface area contributed by atoms with Gasteiger partial charge in [-0.2, -0.15) is 0 Å². The van der Waals surface area contributed by atoms with E-state index in [1.165, 1.54) is 6.07 Å². The molecule has 0 aliphatic rings. The van der Waals surface area contributed by atoms with Crippen LogP contribution in [0.1, 0.15) is 27.7 Å². The quantitative estimate of drug-likeness (QED) is 0.854. The first kappa shape index (κ1) is 15.8. The molecule has 1 aromatic rings. The van der Waals surface area contributed by atoms with Gasteiger partial charge >= 0.3 is 0 Å². The number of hydrogen-bond donors (Lipinski definition) is 1. The molecule has 0 aliphatic heterocycles. The van der Waals surface area contributed by atoms with Gasteiger partial charge in [-0.3, -0.25) is 0 Å². The van der Waals surface area contributed by atoms with E-state index in [-0.39, 0.29) is 24.0 Å². The molecule has 19 heavy (non-hydrogen) atoms. The second kappa shape index (κ2) is 6.75. The highest BCUT2D eigenvalue weighted by Crippen LogP contribution is 2.24. The molecule has 0 radical (unpaired) electrons. The smallest absolute Gasteiger partial charge is 0.148 e. The first-order chi connectivity index (χ1) is 8.86. The first-order valence-corrected chi connectivity index (χ1v) is 6.68. The average Bonchev–Trinajstić information content (AvgIpc) is 2.37. The minimum Gasteiger partial charge on any atom is -0.380 e.